The molecule has 0 spiro atoms. The fourth-order valence-electron chi connectivity index (χ4n) is 4.75. The van der Waals surface area contributed by atoms with E-state index in [1.54, 1.807) is 11.8 Å². The molecule has 1 fully saturated rings. The zero-order chi connectivity index (χ0) is 22.7. The molecule has 2 aliphatic rings. The van der Waals surface area contributed by atoms with Crippen molar-refractivity contribution in [3.8, 4) is 11.1 Å². The van der Waals surface area contributed by atoms with Crippen LogP contribution in [0.1, 0.15) is 43.2 Å². The highest BCUT2D eigenvalue weighted by Gasteiger charge is 2.31. The monoisotopic (exact) mass is 436 g/mol. The van der Waals surface area contributed by atoms with Crippen LogP contribution < -0.4 is 5.32 Å². The minimum Gasteiger partial charge on any atom is -0.481 e. The molecule has 7 nitrogen and oxygen atoms in total. The van der Waals surface area contributed by atoms with Gasteiger partial charge in [-0.1, -0.05) is 48.5 Å². The lowest BCUT2D eigenvalue weighted by molar-refractivity contribution is -0.137. The highest BCUT2D eigenvalue weighted by atomic mass is 16.5. The number of carboxylic acid groups (broad SMARTS) is 1. The predicted molar refractivity (Wildman–Crippen MR) is 119 cm³/mol. The Morgan fingerprint density at radius 1 is 1.09 bits per heavy atom. The Labute approximate surface area is 187 Å². The maximum atomic E-state index is 12.7. The number of likely N-dealkylation sites (tertiary alicyclic amines) is 1. The van der Waals surface area contributed by atoms with Crippen LogP contribution in [0.5, 0.6) is 0 Å². The summed E-state index contributed by atoms with van der Waals surface area (Å²) in [5.41, 5.74) is 4.59. The smallest absolute Gasteiger partial charge is 0.407 e. The first-order chi connectivity index (χ1) is 15.4. The third-order valence-corrected chi connectivity index (χ3v) is 6.41. The van der Waals surface area contributed by atoms with Gasteiger partial charge in [-0.05, 0) is 47.9 Å². The summed E-state index contributed by atoms with van der Waals surface area (Å²) in [5.74, 6) is -0.833. The number of carboxylic acids is 1. The predicted octanol–water partition coefficient (Wildman–Crippen LogP) is 3.63. The molecule has 0 radical (unpaired) electrons. The Balaban J connectivity index is 1.30. The fourth-order valence-corrected chi connectivity index (χ4v) is 4.75. The van der Waals surface area contributed by atoms with Gasteiger partial charge in [-0.2, -0.15) is 0 Å². The van der Waals surface area contributed by atoms with Crippen molar-refractivity contribution < 1.29 is 24.2 Å². The number of hydrogen-bond donors (Lipinski definition) is 2. The summed E-state index contributed by atoms with van der Waals surface area (Å²) in [6, 6.07) is 15.5. The van der Waals surface area contributed by atoms with Crippen molar-refractivity contribution in [3.63, 3.8) is 0 Å². The Morgan fingerprint density at radius 3 is 2.34 bits per heavy atom. The number of fused-ring (bicyclic) bond motifs is 3. The van der Waals surface area contributed by atoms with E-state index in [4.69, 9.17) is 9.84 Å². The molecule has 1 aliphatic carbocycles. The largest absolute Gasteiger partial charge is 0.481 e. The van der Waals surface area contributed by atoms with Gasteiger partial charge >= 0.3 is 12.1 Å². The molecule has 168 valence electrons. The number of carbonyl (C=O) groups is 3. The van der Waals surface area contributed by atoms with Gasteiger partial charge in [0, 0.05) is 25.4 Å². The summed E-state index contributed by atoms with van der Waals surface area (Å²) in [5, 5.41) is 11.5. The van der Waals surface area contributed by atoms with Crippen molar-refractivity contribution in [1.82, 2.24) is 10.2 Å². The lowest BCUT2D eigenvalue weighted by atomic mass is 9.98. The highest BCUT2D eigenvalue weighted by molar-refractivity contribution is 5.85. The molecule has 2 aromatic carbocycles. The number of amides is 2. The molecule has 1 saturated heterocycles. The average Bonchev–Trinajstić information content (AvgIpc) is 3.39. The topological polar surface area (TPSA) is 95.9 Å². The van der Waals surface area contributed by atoms with Crippen LogP contribution in [0.2, 0.25) is 0 Å². The van der Waals surface area contributed by atoms with Crippen molar-refractivity contribution in [3.05, 3.63) is 59.7 Å². The van der Waals surface area contributed by atoms with E-state index in [0.717, 1.165) is 28.7 Å². The van der Waals surface area contributed by atoms with Crippen molar-refractivity contribution in [2.24, 2.45) is 5.92 Å². The average molecular weight is 437 g/mol. The lowest BCUT2D eigenvalue weighted by Gasteiger charge is -2.22. The van der Waals surface area contributed by atoms with Crippen molar-refractivity contribution in [2.75, 3.05) is 19.7 Å². The molecule has 32 heavy (non-hydrogen) atoms. The zero-order valence-electron chi connectivity index (χ0n) is 18.1. The number of alkyl carbamates (subject to hydrolysis) is 1. The Morgan fingerprint density at radius 2 is 1.72 bits per heavy atom. The third-order valence-electron chi connectivity index (χ3n) is 6.41. The van der Waals surface area contributed by atoms with E-state index in [0.29, 0.717) is 19.5 Å². The summed E-state index contributed by atoms with van der Waals surface area (Å²) in [4.78, 5) is 37.6. The molecule has 7 heteroatoms. The second-order valence-electron chi connectivity index (χ2n) is 8.56. The van der Waals surface area contributed by atoms with Gasteiger partial charge in [0.15, 0.2) is 0 Å². The van der Waals surface area contributed by atoms with E-state index in [-0.39, 0.29) is 30.8 Å². The molecule has 0 bridgehead atoms. The quantitative estimate of drug-likeness (QED) is 0.691. The van der Waals surface area contributed by atoms with Gasteiger partial charge in [0.2, 0.25) is 5.91 Å². The Hall–Kier alpha value is -3.35. The maximum absolute atomic E-state index is 12.7. The van der Waals surface area contributed by atoms with Crippen LogP contribution in [0, 0.1) is 5.92 Å². The third kappa shape index (κ3) is 4.61. The Kier molecular flexibility index (Phi) is 6.44. The molecule has 2 N–H and O–H groups in total. The van der Waals surface area contributed by atoms with Crippen LogP contribution in [0.25, 0.3) is 11.1 Å². The van der Waals surface area contributed by atoms with E-state index in [2.05, 4.69) is 29.6 Å². The first kappa shape index (κ1) is 21.9. The summed E-state index contributed by atoms with van der Waals surface area (Å²) < 4.78 is 5.52. The summed E-state index contributed by atoms with van der Waals surface area (Å²) in [7, 11) is 0. The number of hydrogen-bond acceptors (Lipinski definition) is 4. The minimum atomic E-state index is -0.819. The summed E-state index contributed by atoms with van der Waals surface area (Å²) in [6.07, 6.45) is 0.846. The number of nitrogens with zero attached hydrogens (tertiary/aromatic N) is 1. The van der Waals surface area contributed by atoms with E-state index >= 15 is 0 Å². The summed E-state index contributed by atoms with van der Waals surface area (Å²) in [6.45, 7) is 2.96. The normalized spacial score (nSPS) is 18.0. The molecule has 2 amide bonds. The molecule has 1 unspecified atom stereocenters. The molecule has 2 aromatic rings. The van der Waals surface area contributed by atoms with Crippen molar-refractivity contribution in [2.45, 2.75) is 38.1 Å². The maximum Gasteiger partial charge on any atom is 0.407 e. The second-order valence-corrected chi connectivity index (χ2v) is 8.56. The second kappa shape index (κ2) is 9.42. The number of nitrogens with one attached hydrogen (secondary N) is 1. The number of carbonyl (C=O) groups excluding carboxylic acids is 2. The lowest BCUT2D eigenvalue weighted by Crippen LogP contribution is -2.46. The zero-order valence-corrected chi connectivity index (χ0v) is 18.1. The van der Waals surface area contributed by atoms with Crippen molar-refractivity contribution >= 4 is 18.0 Å². The highest BCUT2D eigenvalue weighted by Crippen LogP contribution is 2.44. The molecule has 0 aromatic heterocycles. The van der Waals surface area contributed by atoms with Crippen molar-refractivity contribution in [1.29, 1.82) is 0 Å². The van der Waals surface area contributed by atoms with Gasteiger partial charge < -0.3 is 20.1 Å². The molecule has 1 heterocycles. The molecule has 4 rings (SSSR count). The van der Waals surface area contributed by atoms with Gasteiger partial charge in [-0.25, -0.2) is 4.79 Å². The van der Waals surface area contributed by atoms with Gasteiger partial charge in [0.25, 0.3) is 0 Å². The molecular weight excluding hydrogens is 408 g/mol. The van der Waals surface area contributed by atoms with Crippen LogP contribution in [0.3, 0.4) is 0 Å². The van der Waals surface area contributed by atoms with E-state index in [1.165, 1.54) is 0 Å². The van der Waals surface area contributed by atoms with Gasteiger partial charge in [-0.3, -0.25) is 9.59 Å². The van der Waals surface area contributed by atoms with E-state index < -0.39 is 18.1 Å². The Bertz CT molecular complexity index is 975. The number of rotatable bonds is 7. The van der Waals surface area contributed by atoms with Crippen LogP contribution >= 0.6 is 0 Å². The van der Waals surface area contributed by atoms with Crippen LogP contribution in [-0.2, 0) is 14.3 Å². The molecule has 0 saturated carbocycles. The van der Waals surface area contributed by atoms with Crippen LogP contribution in [-0.4, -0.2) is 53.7 Å². The van der Waals surface area contributed by atoms with Gasteiger partial charge in [0.1, 0.15) is 12.6 Å². The molecular formula is C25H28N2O5. The SMILES string of the molecule is C[C@@H](NC(=O)OCC1c2ccccc2-c2ccccc21)C(=O)N1CCC(CCC(=O)O)C1. The van der Waals surface area contributed by atoms with Gasteiger partial charge in [0.05, 0.1) is 0 Å². The van der Waals surface area contributed by atoms with Crippen LogP contribution in [0.4, 0.5) is 4.79 Å². The first-order valence-corrected chi connectivity index (χ1v) is 11.1. The standard InChI is InChI=1S/C25H28N2O5/c1-16(24(30)27-13-12-17(14-27)10-11-23(28)29)26-25(31)32-15-22-20-8-4-2-6-18(20)19-7-3-5-9-21(19)22/h2-9,16-17,22H,10-15H2,1H3,(H,26,31)(H,28,29)/t16-,17?/m1/s1. The van der Waals surface area contributed by atoms with Crippen LogP contribution in [0.15, 0.2) is 48.5 Å². The molecule has 1 aliphatic heterocycles. The summed E-state index contributed by atoms with van der Waals surface area (Å²) >= 11 is 0. The molecule has 2 atom stereocenters. The number of benzene rings is 2. The minimum absolute atomic E-state index is 0.0345. The van der Waals surface area contributed by atoms with Gasteiger partial charge in [-0.15, -0.1) is 0 Å². The van der Waals surface area contributed by atoms with E-state index in [1.807, 2.05) is 24.3 Å². The van der Waals surface area contributed by atoms with E-state index in [9.17, 15) is 14.4 Å². The fraction of sp³-hybridized carbons (Fsp3) is 0.400. The number of aliphatic carboxylic acids is 1. The first-order valence-electron chi connectivity index (χ1n) is 11.1. The number of ether oxygens (including phenoxy) is 1.